The summed E-state index contributed by atoms with van der Waals surface area (Å²) in [5, 5.41) is 3.67. The number of amides is 1. The number of aromatic amines is 1. The normalized spacial score (nSPS) is 16.1. The molecule has 1 amide bonds. The van der Waals surface area contributed by atoms with Crippen LogP contribution in [-0.2, 0) is 30.6 Å². The maximum absolute atomic E-state index is 12.8. The minimum Gasteiger partial charge on any atom is -0.496 e. The van der Waals surface area contributed by atoms with Gasteiger partial charge in [0.15, 0.2) is 0 Å². The molecule has 2 aromatic heterocycles. The number of nitrogens with one attached hydrogen (secondary N) is 2. The predicted molar refractivity (Wildman–Crippen MR) is 128 cm³/mol. The highest BCUT2D eigenvalue weighted by Gasteiger charge is 2.31. The van der Waals surface area contributed by atoms with Crippen LogP contribution >= 0.6 is 11.3 Å². The van der Waals surface area contributed by atoms with E-state index in [1.807, 2.05) is 24.3 Å². The molecule has 2 heterocycles. The Kier molecular flexibility index (Phi) is 6.38. The predicted octanol–water partition coefficient (Wildman–Crippen LogP) is 4.39. The number of benzene rings is 1. The van der Waals surface area contributed by atoms with Crippen LogP contribution in [0.25, 0.3) is 10.2 Å². The molecule has 0 saturated carbocycles. The Balaban J connectivity index is 1.43. The molecule has 1 aliphatic carbocycles. The molecule has 1 unspecified atom stereocenters. The number of rotatable bonds is 6. The summed E-state index contributed by atoms with van der Waals surface area (Å²) in [7, 11) is 1.62. The van der Waals surface area contributed by atoms with Gasteiger partial charge < -0.3 is 15.0 Å². The monoisotopic (exact) mass is 453 g/mol. The zero-order valence-corrected chi connectivity index (χ0v) is 20.0. The maximum Gasteiger partial charge on any atom is 0.259 e. The summed E-state index contributed by atoms with van der Waals surface area (Å²) in [6.07, 6.45) is 3.72. The number of aryl methyl sites for hydroxylation is 2. The van der Waals surface area contributed by atoms with Crippen LogP contribution in [-0.4, -0.2) is 23.0 Å². The number of methoxy groups -OCH3 is 1. The van der Waals surface area contributed by atoms with Gasteiger partial charge in [-0.1, -0.05) is 39.0 Å². The number of para-hydroxylation sites is 1. The van der Waals surface area contributed by atoms with Crippen molar-refractivity contribution in [3.63, 3.8) is 0 Å². The van der Waals surface area contributed by atoms with Crippen LogP contribution in [0.1, 0.15) is 55.4 Å². The van der Waals surface area contributed by atoms with Crippen molar-refractivity contribution in [2.75, 3.05) is 7.11 Å². The van der Waals surface area contributed by atoms with E-state index in [1.54, 1.807) is 18.4 Å². The van der Waals surface area contributed by atoms with Crippen molar-refractivity contribution in [1.82, 2.24) is 15.3 Å². The molecule has 7 heteroatoms. The molecule has 2 N–H and O–H groups in total. The van der Waals surface area contributed by atoms with Gasteiger partial charge in [0.1, 0.15) is 16.4 Å². The quantitative estimate of drug-likeness (QED) is 0.580. The van der Waals surface area contributed by atoms with E-state index in [1.165, 1.54) is 10.4 Å². The van der Waals surface area contributed by atoms with Gasteiger partial charge in [0.25, 0.3) is 5.56 Å². The number of hydrogen-bond donors (Lipinski definition) is 2. The fraction of sp³-hybridized carbons (Fsp3) is 0.480. The second-order valence-corrected chi connectivity index (χ2v) is 10.7. The summed E-state index contributed by atoms with van der Waals surface area (Å²) in [4.78, 5) is 34.9. The SMILES string of the molecule is COc1ccccc1CNC(=O)CCc1nc2sc3c(c2c(=O)[nH]1)CCC(C(C)(C)C)C3. The number of fused-ring (bicyclic) bond motifs is 3. The topological polar surface area (TPSA) is 84.1 Å². The number of H-pyrrole nitrogens is 1. The molecule has 0 fully saturated rings. The molecule has 0 saturated heterocycles. The Hall–Kier alpha value is -2.67. The molecule has 1 aliphatic rings. The van der Waals surface area contributed by atoms with Gasteiger partial charge in [-0.05, 0) is 42.2 Å². The summed E-state index contributed by atoms with van der Waals surface area (Å²) in [5.74, 6) is 1.85. The molecular formula is C25H31N3O3S. The minimum atomic E-state index is -0.0860. The van der Waals surface area contributed by atoms with Crippen molar-refractivity contribution >= 4 is 27.5 Å². The van der Waals surface area contributed by atoms with Crippen LogP contribution in [0.2, 0.25) is 0 Å². The lowest BCUT2D eigenvalue weighted by molar-refractivity contribution is -0.121. The Morgan fingerprint density at radius 2 is 2.09 bits per heavy atom. The van der Waals surface area contributed by atoms with Gasteiger partial charge in [0, 0.05) is 29.8 Å². The van der Waals surface area contributed by atoms with E-state index in [-0.39, 0.29) is 23.3 Å². The number of ether oxygens (including phenoxy) is 1. The third-order valence-corrected chi connectivity index (χ3v) is 7.60. The van der Waals surface area contributed by atoms with E-state index in [0.29, 0.717) is 24.7 Å². The third kappa shape index (κ3) is 4.72. The zero-order chi connectivity index (χ0) is 22.9. The van der Waals surface area contributed by atoms with Gasteiger partial charge in [-0.3, -0.25) is 9.59 Å². The van der Waals surface area contributed by atoms with Crippen LogP contribution in [0.3, 0.4) is 0 Å². The highest BCUT2D eigenvalue weighted by molar-refractivity contribution is 7.18. The maximum atomic E-state index is 12.8. The summed E-state index contributed by atoms with van der Waals surface area (Å²) in [6.45, 7) is 7.27. The van der Waals surface area contributed by atoms with Gasteiger partial charge in [0.05, 0.1) is 12.5 Å². The van der Waals surface area contributed by atoms with Crippen molar-refractivity contribution in [2.24, 2.45) is 11.3 Å². The summed E-state index contributed by atoms with van der Waals surface area (Å²) >= 11 is 1.65. The van der Waals surface area contributed by atoms with Crippen LogP contribution in [0.5, 0.6) is 5.75 Å². The number of hydrogen-bond acceptors (Lipinski definition) is 5. The largest absolute Gasteiger partial charge is 0.496 e. The molecule has 3 aromatic rings. The van der Waals surface area contributed by atoms with Gasteiger partial charge in [-0.15, -0.1) is 11.3 Å². The first-order valence-corrected chi connectivity index (χ1v) is 12.0. The number of aromatic nitrogens is 2. The van der Waals surface area contributed by atoms with Gasteiger partial charge >= 0.3 is 0 Å². The first-order chi connectivity index (χ1) is 15.3. The molecule has 6 nitrogen and oxygen atoms in total. The van der Waals surface area contributed by atoms with E-state index in [9.17, 15) is 9.59 Å². The fourth-order valence-corrected chi connectivity index (χ4v) is 5.77. The van der Waals surface area contributed by atoms with E-state index in [4.69, 9.17) is 9.72 Å². The summed E-state index contributed by atoms with van der Waals surface area (Å²) < 4.78 is 5.32. The summed E-state index contributed by atoms with van der Waals surface area (Å²) in [5.41, 5.74) is 2.29. The number of nitrogens with zero attached hydrogens (tertiary/aromatic N) is 1. The minimum absolute atomic E-state index is 0.0776. The van der Waals surface area contributed by atoms with Crippen LogP contribution in [0.15, 0.2) is 29.1 Å². The molecule has 4 rings (SSSR count). The van der Waals surface area contributed by atoms with Gasteiger partial charge in [-0.2, -0.15) is 0 Å². The van der Waals surface area contributed by atoms with Crippen molar-refractivity contribution in [3.8, 4) is 5.75 Å². The second kappa shape index (κ2) is 9.06. The van der Waals surface area contributed by atoms with Crippen LogP contribution in [0, 0.1) is 11.3 Å². The van der Waals surface area contributed by atoms with E-state index in [2.05, 4.69) is 31.1 Å². The number of carbonyl (C=O) groups excluding carboxylic acids is 1. The number of carbonyl (C=O) groups is 1. The van der Waals surface area contributed by atoms with Crippen LogP contribution < -0.4 is 15.6 Å². The fourth-order valence-electron chi connectivity index (χ4n) is 4.45. The highest BCUT2D eigenvalue weighted by atomic mass is 32.1. The van der Waals surface area contributed by atoms with Crippen molar-refractivity contribution in [2.45, 2.75) is 59.4 Å². The molecule has 170 valence electrons. The Labute approximate surface area is 192 Å². The van der Waals surface area contributed by atoms with Crippen LogP contribution in [0.4, 0.5) is 0 Å². The second-order valence-electron chi connectivity index (χ2n) is 9.59. The van der Waals surface area contributed by atoms with E-state index in [0.717, 1.165) is 40.8 Å². The lowest BCUT2D eigenvalue weighted by atomic mass is 9.72. The Morgan fingerprint density at radius 3 is 2.84 bits per heavy atom. The number of thiophene rings is 1. The van der Waals surface area contributed by atoms with Crippen molar-refractivity contribution < 1.29 is 9.53 Å². The molecule has 0 radical (unpaired) electrons. The highest BCUT2D eigenvalue weighted by Crippen LogP contribution is 2.41. The zero-order valence-electron chi connectivity index (χ0n) is 19.2. The average molecular weight is 454 g/mol. The molecule has 1 atom stereocenters. The lowest BCUT2D eigenvalue weighted by Gasteiger charge is -2.33. The van der Waals surface area contributed by atoms with Gasteiger partial charge in [0.2, 0.25) is 5.91 Å². The molecule has 0 bridgehead atoms. The van der Waals surface area contributed by atoms with Gasteiger partial charge in [-0.25, -0.2) is 4.98 Å². The standard InChI is InChI=1S/C25H31N3O3S/c1-25(2,3)16-9-10-17-19(13-16)32-24-22(17)23(30)27-20(28-24)11-12-21(29)26-14-15-7-5-6-8-18(15)31-4/h5-8,16H,9-14H2,1-4H3,(H,26,29)(H,27,28,30). The van der Waals surface area contributed by atoms with Crippen molar-refractivity contribution in [3.05, 3.63) is 56.4 Å². The molecule has 32 heavy (non-hydrogen) atoms. The van der Waals surface area contributed by atoms with E-state index >= 15 is 0 Å². The Morgan fingerprint density at radius 1 is 1.31 bits per heavy atom. The summed E-state index contributed by atoms with van der Waals surface area (Å²) in [6, 6.07) is 7.61. The third-order valence-electron chi connectivity index (χ3n) is 6.45. The smallest absolute Gasteiger partial charge is 0.259 e. The average Bonchev–Trinajstić information content (AvgIpc) is 3.14. The molecular weight excluding hydrogens is 422 g/mol. The van der Waals surface area contributed by atoms with Crippen molar-refractivity contribution in [1.29, 1.82) is 0 Å². The first-order valence-electron chi connectivity index (χ1n) is 11.2. The van der Waals surface area contributed by atoms with E-state index < -0.39 is 0 Å². The molecule has 1 aromatic carbocycles. The first kappa shape index (κ1) is 22.5. The Bertz CT molecular complexity index is 1190. The molecule has 0 spiro atoms. The molecule has 0 aliphatic heterocycles. The lowest BCUT2D eigenvalue weighted by Crippen LogP contribution is -2.26.